The van der Waals surface area contributed by atoms with Crippen LogP contribution in [0.15, 0.2) is 53.7 Å². The van der Waals surface area contributed by atoms with Crippen LogP contribution >= 0.6 is 0 Å². The normalized spacial score (nSPS) is 24.4. The van der Waals surface area contributed by atoms with Gasteiger partial charge in [0.1, 0.15) is 0 Å². The quantitative estimate of drug-likeness (QED) is 0.897. The highest BCUT2D eigenvalue weighted by Crippen LogP contribution is 2.27. The third-order valence-electron chi connectivity index (χ3n) is 3.56. The molecule has 0 spiro atoms. The van der Waals surface area contributed by atoms with Crippen LogP contribution in [0.2, 0.25) is 0 Å². The van der Waals surface area contributed by atoms with Crippen LogP contribution in [-0.2, 0) is 24.5 Å². The first-order chi connectivity index (χ1) is 10.8. The molecule has 1 aliphatic heterocycles. The van der Waals surface area contributed by atoms with E-state index < -0.39 is 32.5 Å². The molecule has 0 unspecified atom stereocenters. The van der Waals surface area contributed by atoms with Crippen LogP contribution in [0.5, 0.6) is 0 Å². The Hall–Kier alpha value is -1.68. The van der Waals surface area contributed by atoms with Crippen LogP contribution in [0.3, 0.4) is 0 Å². The summed E-state index contributed by atoms with van der Waals surface area (Å²) in [6, 6.07) is 9.11. The van der Waals surface area contributed by atoms with Crippen molar-refractivity contribution < 1.29 is 21.0 Å². The van der Waals surface area contributed by atoms with Crippen LogP contribution in [0, 0.1) is 0 Å². The molecular formula is C14H16N2O5S2. The summed E-state index contributed by atoms with van der Waals surface area (Å²) in [5.41, 5.74) is 0.572. The maximum absolute atomic E-state index is 12.5. The monoisotopic (exact) mass is 356 g/mol. The van der Waals surface area contributed by atoms with Gasteiger partial charge in [-0.05, 0) is 37.1 Å². The highest BCUT2D eigenvalue weighted by Gasteiger charge is 2.31. The van der Waals surface area contributed by atoms with E-state index in [-0.39, 0.29) is 4.90 Å². The molecule has 1 fully saturated rings. The van der Waals surface area contributed by atoms with E-state index in [0.717, 1.165) is 3.97 Å². The molecule has 7 nitrogen and oxygen atoms in total. The minimum absolute atomic E-state index is 0.170. The molecular weight excluding hydrogens is 340 g/mol. The smallest absolute Gasteiger partial charge is 0.255 e. The number of hydrogen-bond acceptors (Lipinski definition) is 5. The number of aromatic nitrogens is 1. The lowest BCUT2D eigenvalue weighted by atomic mass is 10.1. The zero-order valence-electron chi connectivity index (χ0n) is 12.3. The standard InChI is InChI=1S/C14H16N2O5S2/c1-11-9-14(15-23(19,20)21-11)12-7-8-16(10-12)22(17,18)13-5-3-2-4-6-13/h2-8,10-11,14-15H,9H2,1H3/t11-,14-/m0/s1. The van der Waals surface area contributed by atoms with Crippen molar-refractivity contribution >= 4 is 20.3 Å². The molecule has 0 bridgehead atoms. The van der Waals surface area contributed by atoms with Gasteiger partial charge in [-0.15, -0.1) is 0 Å². The molecule has 1 aliphatic rings. The van der Waals surface area contributed by atoms with E-state index in [1.54, 1.807) is 31.2 Å². The molecule has 2 aromatic rings. The van der Waals surface area contributed by atoms with Crippen LogP contribution in [0.4, 0.5) is 0 Å². The van der Waals surface area contributed by atoms with Gasteiger partial charge in [0.2, 0.25) is 0 Å². The molecule has 0 amide bonds. The first-order valence-electron chi connectivity index (χ1n) is 6.97. The lowest BCUT2D eigenvalue weighted by Gasteiger charge is -2.27. The van der Waals surface area contributed by atoms with Crippen molar-refractivity contribution in [1.82, 2.24) is 8.69 Å². The zero-order valence-corrected chi connectivity index (χ0v) is 13.9. The molecule has 124 valence electrons. The summed E-state index contributed by atoms with van der Waals surface area (Å²) in [4.78, 5) is 0.170. The lowest BCUT2D eigenvalue weighted by molar-refractivity contribution is 0.174. The van der Waals surface area contributed by atoms with Crippen molar-refractivity contribution in [2.24, 2.45) is 0 Å². The molecule has 1 aromatic heterocycles. The van der Waals surface area contributed by atoms with E-state index in [2.05, 4.69) is 4.72 Å². The summed E-state index contributed by atoms with van der Waals surface area (Å²) in [6.07, 6.45) is 2.79. The van der Waals surface area contributed by atoms with Gasteiger partial charge in [-0.3, -0.25) is 4.18 Å². The first kappa shape index (κ1) is 16.2. The fraction of sp³-hybridized carbons (Fsp3) is 0.286. The molecule has 23 heavy (non-hydrogen) atoms. The van der Waals surface area contributed by atoms with Gasteiger partial charge in [0, 0.05) is 12.4 Å². The Morgan fingerprint density at radius 2 is 1.91 bits per heavy atom. The molecule has 2 heterocycles. The third-order valence-corrected chi connectivity index (χ3v) is 6.36. The molecule has 9 heteroatoms. The largest absolute Gasteiger partial charge is 0.336 e. The SMILES string of the molecule is C[C@H]1C[C@@H](c2ccn(S(=O)(=O)c3ccccc3)c2)NS(=O)(=O)O1. The fourth-order valence-corrected chi connectivity index (χ4v) is 4.88. The fourth-order valence-electron chi connectivity index (χ4n) is 2.50. The van der Waals surface area contributed by atoms with Crippen molar-refractivity contribution in [3.63, 3.8) is 0 Å². The van der Waals surface area contributed by atoms with Gasteiger partial charge < -0.3 is 0 Å². The van der Waals surface area contributed by atoms with Crippen molar-refractivity contribution in [2.75, 3.05) is 0 Å². The van der Waals surface area contributed by atoms with Crippen molar-refractivity contribution in [1.29, 1.82) is 0 Å². The maximum Gasteiger partial charge on any atom is 0.336 e. The van der Waals surface area contributed by atoms with Gasteiger partial charge in [0.05, 0.1) is 17.0 Å². The van der Waals surface area contributed by atoms with Gasteiger partial charge >= 0.3 is 10.3 Å². The second-order valence-electron chi connectivity index (χ2n) is 5.36. The zero-order chi connectivity index (χ0) is 16.7. The van der Waals surface area contributed by atoms with E-state index in [1.165, 1.54) is 24.5 Å². The van der Waals surface area contributed by atoms with Crippen LogP contribution in [0.25, 0.3) is 0 Å². The van der Waals surface area contributed by atoms with Crippen LogP contribution in [-0.4, -0.2) is 26.9 Å². The number of rotatable bonds is 3. The van der Waals surface area contributed by atoms with E-state index in [0.29, 0.717) is 12.0 Å². The topological polar surface area (TPSA) is 94.5 Å². The first-order valence-corrected chi connectivity index (χ1v) is 9.82. The molecule has 1 aromatic carbocycles. The molecule has 0 aliphatic carbocycles. The Labute approximate surface area is 135 Å². The van der Waals surface area contributed by atoms with E-state index in [1.807, 2.05) is 0 Å². The Balaban J connectivity index is 1.92. The number of nitrogens with one attached hydrogen (secondary N) is 1. The van der Waals surface area contributed by atoms with E-state index in [9.17, 15) is 16.8 Å². The number of hydrogen-bond donors (Lipinski definition) is 1. The highest BCUT2D eigenvalue weighted by atomic mass is 32.2. The van der Waals surface area contributed by atoms with E-state index in [4.69, 9.17) is 4.18 Å². The Morgan fingerprint density at radius 1 is 1.22 bits per heavy atom. The summed E-state index contributed by atoms with van der Waals surface area (Å²) in [5, 5.41) is 0. The predicted molar refractivity (Wildman–Crippen MR) is 83.4 cm³/mol. The van der Waals surface area contributed by atoms with Gasteiger partial charge in [0.25, 0.3) is 10.0 Å². The minimum Gasteiger partial charge on any atom is -0.255 e. The molecule has 0 saturated carbocycles. The van der Waals surface area contributed by atoms with E-state index >= 15 is 0 Å². The molecule has 3 rings (SSSR count). The average molecular weight is 356 g/mol. The Morgan fingerprint density at radius 3 is 2.57 bits per heavy atom. The Kier molecular flexibility index (Phi) is 4.05. The molecule has 1 saturated heterocycles. The highest BCUT2D eigenvalue weighted by molar-refractivity contribution is 7.90. The second kappa shape index (κ2) is 5.75. The summed E-state index contributed by atoms with van der Waals surface area (Å²) in [6.45, 7) is 1.66. The maximum atomic E-state index is 12.5. The van der Waals surface area contributed by atoms with Gasteiger partial charge in [-0.2, -0.15) is 13.1 Å². The molecule has 0 radical (unpaired) electrons. The molecule has 1 N–H and O–H groups in total. The number of benzene rings is 1. The Bertz CT molecular complexity index is 904. The predicted octanol–water partition coefficient (Wildman–Crippen LogP) is 1.41. The summed E-state index contributed by atoms with van der Waals surface area (Å²) in [5.74, 6) is 0. The van der Waals surface area contributed by atoms with Crippen LogP contribution < -0.4 is 4.72 Å². The van der Waals surface area contributed by atoms with Gasteiger partial charge in [0.15, 0.2) is 0 Å². The second-order valence-corrected chi connectivity index (χ2v) is 8.54. The minimum atomic E-state index is -3.82. The molecule has 2 atom stereocenters. The third kappa shape index (κ3) is 3.32. The number of nitrogens with zero attached hydrogens (tertiary/aromatic N) is 1. The van der Waals surface area contributed by atoms with Crippen molar-refractivity contribution in [3.8, 4) is 0 Å². The van der Waals surface area contributed by atoms with Crippen molar-refractivity contribution in [2.45, 2.75) is 30.4 Å². The summed E-state index contributed by atoms with van der Waals surface area (Å²) in [7, 11) is -7.51. The van der Waals surface area contributed by atoms with Gasteiger partial charge in [-0.25, -0.2) is 12.4 Å². The van der Waals surface area contributed by atoms with Crippen LogP contribution in [0.1, 0.15) is 24.9 Å². The lowest BCUT2D eigenvalue weighted by Crippen LogP contribution is -2.39. The van der Waals surface area contributed by atoms with Crippen molar-refractivity contribution in [3.05, 3.63) is 54.4 Å². The summed E-state index contributed by atoms with van der Waals surface area (Å²) >= 11 is 0. The van der Waals surface area contributed by atoms with Gasteiger partial charge in [-0.1, -0.05) is 18.2 Å². The average Bonchev–Trinajstić information content (AvgIpc) is 2.96. The summed E-state index contributed by atoms with van der Waals surface area (Å²) < 4.78 is 56.5.